The molecule has 5 rings (SSSR count). The van der Waals surface area contributed by atoms with Crippen LogP contribution >= 0.6 is 0 Å². The third-order valence-corrected chi connectivity index (χ3v) is 5.22. The standard InChI is InChI=1S/C25H18N4O/c26-16-20-21(17-10-4-1-5-11-17)22-24(27)28-29(19-14-8-3-9-15-19)25(22)30-23(20)18-12-6-2-7-13-18/h1-15,21H,(H2,27,28). The smallest absolute Gasteiger partial charge is 0.229 e. The number of aromatic nitrogens is 2. The topological polar surface area (TPSA) is 76.9 Å². The second-order valence-corrected chi connectivity index (χ2v) is 7.02. The molecule has 1 aliphatic heterocycles. The largest absolute Gasteiger partial charge is 0.437 e. The summed E-state index contributed by atoms with van der Waals surface area (Å²) in [6.07, 6.45) is 0. The second-order valence-electron chi connectivity index (χ2n) is 7.02. The third kappa shape index (κ3) is 2.83. The first-order chi connectivity index (χ1) is 14.8. The first-order valence-corrected chi connectivity index (χ1v) is 9.64. The van der Waals surface area contributed by atoms with E-state index in [0.717, 1.165) is 16.8 Å². The molecule has 2 heterocycles. The summed E-state index contributed by atoms with van der Waals surface area (Å²) in [6.45, 7) is 0. The highest BCUT2D eigenvalue weighted by atomic mass is 16.5. The van der Waals surface area contributed by atoms with Gasteiger partial charge in [-0.2, -0.15) is 9.94 Å². The Balaban J connectivity index is 1.80. The fourth-order valence-electron chi connectivity index (χ4n) is 3.87. The van der Waals surface area contributed by atoms with Crippen molar-refractivity contribution in [2.75, 3.05) is 5.73 Å². The molecule has 0 fully saturated rings. The number of benzene rings is 3. The van der Waals surface area contributed by atoms with Crippen molar-refractivity contribution in [2.24, 2.45) is 0 Å². The summed E-state index contributed by atoms with van der Waals surface area (Å²) in [4.78, 5) is 0. The van der Waals surface area contributed by atoms with Gasteiger partial charge in [-0.05, 0) is 17.7 Å². The highest BCUT2D eigenvalue weighted by Crippen LogP contribution is 2.48. The molecule has 0 saturated heterocycles. The number of hydrogen-bond donors (Lipinski definition) is 1. The lowest BCUT2D eigenvalue weighted by atomic mass is 9.83. The van der Waals surface area contributed by atoms with Crippen molar-refractivity contribution in [3.8, 4) is 17.6 Å². The van der Waals surface area contributed by atoms with Gasteiger partial charge >= 0.3 is 0 Å². The van der Waals surface area contributed by atoms with Gasteiger partial charge < -0.3 is 10.5 Å². The van der Waals surface area contributed by atoms with Gasteiger partial charge in [0.15, 0.2) is 11.6 Å². The lowest BCUT2D eigenvalue weighted by molar-refractivity contribution is 0.451. The fraction of sp³-hybridized carbons (Fsp3) is 0.0400. The minimum absolute atomic E-state index is 0.350. The van der Waals surface area contributed by atoms with Crippen LogP contribution < -0.4 is 10.5 Å². The molecular weight excluding hydrogens is 372 g/mol. The number of nitrogens with two attached hydrogens (primary N) is 1. The average molecular weight is 390 g/mol. The molecule has 1 unspecified atom stereocenters. The minimum Gasteiger partial charge on any atom is -0.437 e. The highest BCUT2D eigenvalue weighted by molar-refractivity contribution is 5.77. The molecule has 3 aromatic carbocycles. The molecule has 0 saturated carbocycles. The van der Waals surface area contributed by atoms with E-state index in [0.29, 0.717) is 28.6 Å². The SMILES string of the molecule is N#CC1=C(c2ccccc2)Oc2c(c(N)nn2-c2ccccc2)C1c1ccccc1. The number of nitriles is 1. The number of fused-ring (bicyclic) bond motifs is 1. The summed E-state index contributed by atoms with van der Waals surface area (Å²) in [5, 5.41) is 14.7. The summed E-state index contributed by atoms with van der Waals surface area (Å²) in [6, 6.07) is 31.6. The lowest BCUT2D eigenvalue weighted by Gasteiger charge is -2.26. The molecule has 2 N–H and O–H groups in total. The number of para-hydroxylation sites is 1. The fourth-order valence-corrected chi connectivity index (χ4v) is 3.87. The van der Waals surface area contributed by atoms with E-state index in [1.807, 2.05) is 91.0 Å². The maximum absolute atomic E-state index is 10.1. The Bertz CT molecular complexity index is 1270. The van der Waals surface area contributed by atoms with Crippen LogP contribution in [0.3, 0.4) is 0 Å². The Kier molecular flexibility index (Phi) is 4.30. The molecule has 0 radical (unpaired) electrons. The summed E-state index contributed by atoms with van der Waals surface area (Å²) in [5.41, 5.74) is 10.2. The van der Waals surface area contributed by atoms with Crippen LogP contribution in [0.5, 0.6) is 5.88 Å². The zero-order chi connectivity index (χ0) is 20.5. The molecule has 1 aliphatic rings. The zero-order valence-corrected chi connectivity index (χ0v) is 16.1. The predicted molar refractivity (Wildman–Crippen MR) is 116 cm³/mol. The number of hydrogen-bond acceptors (Lipinski definition) is 4. The average Bonchev–Trinajstić information content (AvgIpc) is 3.15. The van der Waals surface area contributed by atoms with E-state index in [2.05, 4.69) is 11.2 Å². The Labute approximate surface area is 174 Å². The molecule has 5 nitrogen and oxygen atoms in total. The van der Waals surface area contributed by atoms with Crippen molar-refractivity contribution in [3.63, 3.8) is 0 Å². The second kappa shape index (κ2) is 7.26. The van der Waals surface area contributed by atoms with Crippen LogP contribution in [-0.4, -0.2) is 9.78 Å². The van der Waals surface area contributed by atoms with Crippen LogP contribution in [0.4, 0.5) is 5.82 Å². The van der Waals surface area contributed by atoms with Crippen LogP contribution in [0.1, 0.15) is 22.6 Å². The van der Waals surface area contributed by atoms with Crippen LogP contribution in [-0.2, 0) is 0 Å². The van der Waals surface area contributed by atoms with Crippen molar-refractivity contribution in [1.82, 2.24) is 9.78 Å². The van der Waals surface area contributed by atoms with E-state index in [1.54, 1.807) is 4.68 Å². The number of ether oxygens (including phenoxy) is 1. The van der Waals surface area contributed by atoms with Crippen LogP contribution in [0.15, 0.2) is 96.6 Å². The Hall–Kier alpha value is -4.30. The van der Waals surface area contributed by atoms with Gasteiger partial charge in [0.05, 0.1) is 28.8 Å². The van der Waals surface area contributed by atoms with Gasteiger partial charge in [0.1, 0.15) is 0 Å². The van der Waals surface area contributed by atoms with E-state index >= 15 is 0 Å². The molecule has 1 aromatic heterocycles. The van der Waals surface area contributed by atoms with Crippen molar-refractivity contribution in [3.05, 3.63) is 113 Å². The molecule has 0 amide bonds. The molecule has 1 atom stereocenters. The van der Waals surface area contributed by atoms with Crippen LogP contribution in [0, 0.1) is 11.3 Å². The van der Waals surface area contributed by atoms with Crippen LogP contribution in [0.25, 0.3) is 11.4 Å². The van der Waals surface area contributed by atoms with E-state index in [1.165, 1.54) is 0 Å². The number of nitrogen functional groups attached to an aromatic ring is 1. The predicted octanol–water partition coefficient (Wildman–Crippen LogP) is 4.91. The molecule has 0 aliphatic carbocycles. The monoisotopic (exact) mass is 390 g/mol. The first-order valence-electron chi connectivity index (χ1n) is 9.64. The van der Waals surface area contributed by atoms with E-state index in [-0.39, 0.29) is 5.92 Å². The Morgan fingerprint density at radius 3 is 2.10 bits per heavy atom. The van der Waals surface area contributed by atoms with Gasteiger partial charge in [-0.3, -0.25) is 0 Å². The first kappa shape index (κ1) is 17.8. The molecular formula is C25H18N4O. The van der Waals surface area contributed by atoms with E-state index < -0.39 is 0 Å². The van der Waals surface area contributed by atoms with Crippen molar-refractivity contribution >= 4 is 11.6 Å². The Morgan fingerprint density at radius 2 is 1.47 bits per heavy atom. The normalized spacial score (nSPS) is 15.2. The molecule has 30 heavy (non-hydrogen) atoms. The molecule has 4 aromatic rings. The number of nitrogens with zero attached hydrogens (tertiary/aromatic N) is 3. The van der Waals surface area contributed by atoms with Gasteiger partial charge in [-0.1, -0.05) is 78.9 Å². The van der Waals surface area contributed by atoms with Gasteiger partial charge in [0.2, 0.25) is 5.88 Å². The number of anilines is 1. The van der Waals surface area contributed by atoms with Gasteiger partial charge in [-0.25, -0.2) is 0 Å². The maximum atomic E-state index is 10.1. The van der Waals surface area contributed by atoms with Crippen LogP contribution in [0.2, 0.25) is 0 Å². The summed E-state index contributed by atoms with van der Waals surface area (Å²) in [5.74, 6) is 1.04. The zero-order valence-electron chi connectivity index (χ0n) is 16.1. The number of rotatable bonds is 3. The van der Waals surface area contributed by atoms with Crippen molar-refractivity contribution in [1.29, 1.82) is 5.26 Å². The van der Waals surface area contributed by atoms with E-state index in [4.69, 9.17) is 10.5 Å². The van der Waals surface area contributed by atoms with Gasteiger partial charge in [0.25, 0.3) is 0 Å². The van der Waals surface area contributed by atoms with Gasteiger partial charge in [0, 0.05) is 5.56 Å². The third-order valence-electron chi connectivity index (χ3n) is 5.22. The van der Waals surface area contributed by atoms with E-state index in [9.17, 15) is 5.26 Å². The summed E-state index contributed by atoms with van der Waals surface area (Å²) in [7, 11) is 0. The van der Waals surface area contributed by atoms with Crippen molar-refractivity contribution < 1.29 is 4.74 Å². The summed E-state index contributed by atoms with van der Waals surface area (Å²) < 4.78 is 8.06. The lowest BCUT2D eigenvalue weighted by Crippen LogP contribution is -2.17. The molecule has 0 spiro atoms. The highest BCUT2D eigenvalue weighted by Gasteiger charge is 2.37. The quantitative estimate of drug-likeness (QED) is 0.539. The Morgan fingerprint density at radius 1 is 0.867 bits per heavy atom. The maximum Gasteiger partial charge on any atom is 0.229 e. The molecule has 144 valence electrons. The van der Waals surface area contributed by atoms with Gasteiger partial charge in [-0.15, -0.1) is 5.10 Å². The minimum atomic E-state index is -0.368. The number of allylic oxidation sites excluding steroid dienone is 1. The summed E-state index contributed by atoms with van der Waals surface area (Å²) >= 11 is 0. The molecule has 0 bridgehead atoms. The van der Waals surface area contributed by atoms with Crippen molar-refractivity contribution in [2.45, 2.75) is 5.92 Å². The molecule has 5 heteroatoms.